The Labute approximate surface area is 176 Å². The van der Waals surface area contributed by atoms with Crippen molar-refractivity contribution in [3.8, 4) is 0 Å². The summed E-state index contributed by atoms with van der Waals surface area (Å²) in [4.78, 5) is 3.59. The summed E-state index contributed by atoms with van der Waals surface area (Å²) in [5.41, 5.74) is 2.62. The monoisotopic (exact) mass is 409 g/mol. The minimum atomic E-state index is 0.112. The second-order valence-corrected chi connectivity index (χ2v) is 8.60. The molecule has 28 heavy (non-hydrogen) atoms. The van der Waals surface area contributed by atoms with Crippen molar-refractivity contribution in [2.75, 3.05) is 19.7 Å². The van der Waals surface area contributed by atoms with Crippen LogP contribution < -0.4 is 0 Å². The van der Waals surface area contributed by atoms with Crippen LogP contribution in [0.1, 0.15) is 16.4 Å². The van der Waals surface area contributed by atoms with Crippen LogP contribution in [0, 0.1) is 0 Å². The van der Waals surface area contributed by atoms with E-state index < -0.39 is 0 Å². The van der Waals surface area contributed by atoms with E-state index in [1.165, 1.54) is 11.1 Å². The lowest BCUT2D eigenvalue weighted by atomic mass is 10.1. The molecule has 0 aromatic heterocycles. The molecule has 2 unspecified atom stereocenters. The third kappa shape index (κ3) is 4.98. The summed E-state index contributed by atoms with van der Waals surface area (Å²) in [6.45, 7) is 3.58. The van der Waals surface area contributed by atoms with Crippen molar-refractivity contribution in [1.29, 1.82) is 0 Å². The minimum absolute atomic E-state index is 0.112. The molecule has 0 saturated carbocycles. The molecule has 0 bridgehead atoms. The molecule has 1 aliphatic rings. The van der Waals surface area contributed by atoms with E-state index in [1.54, 1.807) is 11.8 Å². The van der Waals surface area contributed by atoms with Gasteiger partial charge in [0.05, 0.1) is 23.0 Å². The van der Waals surface area contributed by atoms with Crippen molar-refractivity contribution in [3.63, 3.8) is 0 Å². The highest BCUT2D eigenvalue weighted by Gasteiger charge is 2.30. The van der Waals surface area contributed by atoms with Gasteiger partial charge in [-0.25, -0.2) is 0 Å². The molecule has 1 saturated heterocycles. The fourth-order valence-corrected chi connectivity index (χ4v) is 5.07. The second kappa shape index (κ2) is 9.62. The highest BCUT2D eigenvalue weighted by atomic mass is 35.5. The van der Waals surface area contributed by atoms with E-state index in [1.807, 2.05) is 18.2 Å². The zero-order valence-electron chi connectivity index (χ0n) is 15.7. The number of rotatable bonds is 6. The Morgan fingerprint density at radius 3 is 2.36 bits per heavy atom. The molecule has 4 heteroatoms. The molecule has 3 aromatic carbocycles. The third-order valence-electron chi connectivity index (χ3n) is 4.98. The van der Waals surface area contributed by atoms with Crippen LogP contribution in [0.25, 0.3) is 0 Å². The van der Waals surface area contributed by atoms with Crippen molar-refractivity contribution >= 4 is 23.4 Å². The molecule has 2 nitrogen and oxygen atoms in total. The Balaban J connectivity index is 1.54. The van der Waals surface area contributed by atoms with Crippen LogP contribution in [0.4, 0.5) is 0 Å². The lowest BCUT2D eigenvalue weighted by molar-refractivity contribution is -0.0319. The summed E-state index contributed by atoms with van der Waals surface area (Å²) in [7, 11) is 0. The van der Waals surface area contributed by atoms with Crippen LogP contribution in [0.3, 0.4) is 0 Å². The number of ether oxygens (including phenoxy) is 1. The van der Waals surface area contributed by atoms with Gasteiger partial charge in [-0.15, -0.1) is 11.8 Å². The molecular weight excluding hydrogens is 386 g/mol. The lowest BCUT2D eigenvalue weighted by Gasteiger charge is -2.37. The summed E-state index contributed by atoms with van der Waals surface area (Å²) < 4.78 is 6.27. The van der Waals surface area contributed by atoms with Crippen LogP contribution in [0.5, 0.6) is 0 Å². The first-order chi connectivity index (χ1) is 13.8. The first kappa shape index (κ1) is 19.5. The van der Waals surface area contributed by atoms with Crippen molar-refractivity contribution in [2.45, 2.75) is 22.8 Å². The molecule has 0 aliphatic carbocycles. The molecule has 0 radical (unpaired) electrons. The molecular formula is C24H24ClNOS. The van der Waals surface area contributed by atoms with Gasteiger partial charge in [-0.2, -0.15) is 0 Å². The molecule has 2 atom stereocenters. The van der Waals surface area contributed by atoms with E-state index >= 15 is 0 Å². The minimum Gasteiger partial charge on any atom is -0.374 e. The van der Waals surface area contributed by atoms with E-state index in [2.05, 4.69) is 71.6 Å². The molecule has 4 rings (SSSR count). The SMILES string of the molecule is Clc1ccccc1SC(c1ccccc1)C1CN(Cc2ccccc2)CCO1. The predicted molar refractivity (Wildman–Crippen MR) is 118 cm³/mol. The number of morpholine rings is 1. The van der Waals surface area contributed by atoms with E-state index in [9.17, 15) is 0 Å². The van der Waals surface area contributed by atoms with Crippen LogP contribution in [-0.4, -0.2) is 30.7 Å². The van der Waals surface area contributed by atoms with Crippen molar-refractivity contribution in [2.24, 2.45) is 0 Å². The van der Waals surface area contributed by atoms with Crippen LogP contribution in [0.2, 0.25) is 5.02 Å². The number of hydrogen-bond acceptors (Lipinski definition) is 3. The molecule has 0 N–H and O–H groups in total. The zero-order chi connectivity index (χ0) is 19.2. The molecule has 1 fully saturated rings. The molecule has 0 amide bonds. The van der Waals surface area contributed by atoms with Gasteiger partial charge in [0.25, 0.3) is 0 Å². The fourth-order valence-electron chi connectivity index (χ4n) is 3.58. The fraction of sp³-hybridized carbons (Fsp3) is 0.250. The summed E-state index contributed by atoms with van der Waals surface area (Å²) in [6.07, 6.45) is 0.112. The van der Waals surface area contributed by atoms with Gasteiger partial charge in [-0.05, 0) is 23.3 Å². The number of thioether (sulfide) groups is 1. The maximum Gasteiger partial charge on any atom is 0.0865 e. The molecule has 1 heterocycles. The maximum absolute atomic E-state index is 6.46. The second-order valence-electron chi connectivity index (χ2n) is 7.01. The number of halogens is 1. The Morgan fingerprint density at radius 2 is 1.61 bits per heavy atom. The van der Waals surface area contributed by atoms with Crippen LogP contribution in [0.15, 0.2) is 89.8 Å². The topological polar surface area (TPSA) is 12.5 Å². The van der Waals surface area contributed by atoms with E-state index in [-0.39, 0.29) is 11.4 Å². The highest BCUT2D eigenvalue weighted by molar-refractivity contribution is 7.99. The van der Waals surface area contributed by atoms with Gasteiger partial charge in [0, 0.05) is 24.5 Å². The first-order valence-corrected chi connectivity index (χ1v) is 10.9. The molecule has 0 spiro atoms. The first-order valence-electron chi connectivity index (χ1n) is 9.63. The Kier molecular flexibility index (Phi) is 6.71. The largest absolute Gasteiger partial charge is 0.374 e. The van der Waals surface area contributed by atoms with E-state index in [0.29, 0.717) is 0 Å². The van der Waals surface area contributed by atoms with Gasteiger partial charge in [-0.3, -0.25) is 4.90 Å². The van der Waals surface area contributed by atoms with Gasteiger partial charge in [0.1, 0.15) is 0 Å². The standard InChI is InChI=1S/C24H24ClNOS/c25-21-13-7-8-14-23(21)28-24(20-11-5-2-6-12-20)22-18-26(15-16-27-22)17-19-9-3-1-4-10-19/h1-14,22,24H,15-18H2. The number of benzene rings is 3. The number of hydrogen-bond donors (Lipinski definition) is 0. The quantitative estimate of drug-likeness (QED) is 0.458. The van der Waals surface area contributed by atoms with Gasteiger partial charge in [0.2, 0.25) is 0 Å². The van der Waals surface area contributed by atoms with Gasteiger partial charge < -0.3 is 4.74 Å². The lowest BCUT2D eigenvalue weighted by Crippen LogP contribution is -2.44. The Morgan fingerprint density at radius 1 is 0.929 bits per heavy atom. The van der Waals surface area contributed by atoms with Crippen molar-refractivity contribution in [3.05, 3.63) is 101 Å². The van der Waals surface area contributed by atoms with E-state index in [4.69, 9.17) is 16.3 Å². The average Bonchev–Trinajstić information content (AvgIpc) is 2.75. The average molecular weight is 410 g/mol. The molecule has 144 valence electrons. The predicted octanol–water partition coefficient (Wildman–Crippen LogP) is 6.07. The van der Waals surface area contributed by atoms with Crippen LogP contribution >= 0.6 is 23.4 Å². The van der Waals surface area contributed by atoms with Crippen molar-refractivity contribution in [1.82, 2.24) is 4.90 Å². The molecule has 1 aliphatic heterocycles. The summed E-state index contributed by atoms with van der Waals surface area (Å²) in [5, 5.41) is 0.991. The third-order valence-corrected chi connectivity index (χ3v) is 6.86. The summed E-state index contributed by atoms with van der Waals surface area (Å²) in [5.74, 6) is 0. The smallest absolute Gasteiger partial charge is 0.0865 e. The van der Waals surface area contributed by atoms with E-state index in [0.717, 1.165) is 36.2 Å². The maximum atomic E-state index is 6.46. The van der Waals surface area contributed by atoms with Crippen molar-refractivity contribution < 1.29 is 4.74 Å². The zero-order valence-corrected chi connectivity index (χ0v) is 17.3. The Hall–Kier alpha value is -1.78. The summed E-state index contributed by atoms with van der Waals surface area (Å²) in [6, 6.07) is 29.4. The summed E-state index contributed by atoms with van der Waals surface area (Å²) >= 11 is 8.26. The molecule has 3 aromatic rings. The highest BCUT2D eigenvalue weighted by Crippen LogP contribution is 2.42. The normalized spacial score (nSPS) is 18.7. The van der Waals surface area contributed by atoms with Crippen LogP contribution in [-0.2, 0) is 11.3 Å². The number of nitrogens with zero attached hydrogens (tertiary/aromatic N) is 1. The Bertz CT molecular complexity index is 874. The van der Waals surface area contributed by atoms with Gasteiger partial charge in [0.15, 0.2) is 0 Å². The van der Waals surface area contributed by atoms with Gasteiger partial charge in [-0.1, -0.05) is 84.4 Å². The van der Waals surface area contributed by atoms with Gasteiger partial charge >= 0.3 is 0 Å².